The van der Waals surface area contributed by atoms with Crippen molar-refractivity contribution in [1.82, 2.24) is 4.90 Å². The number of amides is 1. The van der Waals surface area contributed by atoms with Crippen molar-refractivity contribution in [2.45, 2.75) is 18.3 Å². The Morgan fingerprint density at radius 1 is 1.67 bits per heavy atom. The van der Waals surface area contributed by atoms with Crippen LogP contribution in [0.15, 0.2) is 11.3 Å². The predicted molar refractivity (Wildman–Crippen MR) is 58.7 cm³/mol. The Bertz CT molecular complexity index is 358. The number of fused-ring (bicyclic) bond motifs is 1. The Hall–Kier alpha value is -0.720. The van der Waals surface area contributed by atoms with Gasteiger partial charge in [-0.3, -0.25) is 9.69 Å². The number of carbonyl (C=O) groups excluding carboxylic acids is 1. The van der Waals surface area contributed by atoms with Crippen LogP contribution in [0, 0.1) is 0 Å². The van der Waals surface area contributed by atoms with Crippen LogP contribution in [-0.4, -0.2) is 39.1 Å². The number of hydrogen-bond acceptors (Lipinski definition) is 4. The van der Waals surface area contributed by atoms with E-state index >= 15 is 0 Å². The van der Waals surface area contributed by atoms with E-state index in [0.29, 0.717) is 5.75 Å². The molecule has 2 aliphatic rings. The SMILES string of the molecule is CC1=C(C(=O)O)N2C(=O)C(N)[C@@H]2SC1.Cl. The number of carbonyl (C=O) groups is 2. The quantitative estimate of drug-likeness (QED) is 0.641. The standard InChI is InChI=1S/C8H10N2O3S.ClH/c1-3-2-14-7-4(9)6(11)10(7)5(3)8(12)13;/h4,7H,2,9H2,1H3,(H,12,13);1H/t4?,7-;/m0./s1. The number of nitrogens with two attached hydrogens (primary N) is 1. The van der Waals surface area contributed by atoms with Crippen molar-refractivity contribution in [3.05, 3.63) is 11.3 Å². The van der Waals surface area contributed by atoms with E-state index in [1.165, 1.54) is 16.7 Å². The average Bonchev–Trinajstić information content (AvgIpc) is 2.15. The molecule has 15 heavy (non-hydrogen) atoms. The van der Waals surface area contributed by atoms with Gasteiger partial charge in [-0.05, 0) is 12.5 Å². The zero-order chi connectivity index (χ0) is 10.5. The minimum atomic E-state index is -1.05. The summed E-state index contributed by atoms with van der Waals surface area (Å²) in [5.41, 5.74) is 6.39. The summed E-state index contributed by atoms with van der Waals surface area (Å²) < 4.78 is 0. The normalized spacial score (nSPS) is 29.2. The second-order valence-electron chi connectivity index (χ2n) is 3.37. The van der Waals surface area contributed by atoms with Crippen LogP contribution in [0.2, 0.25) is 0 Å². The summed E-state index contributed by atoms with van der Waals surface area (Å²) in [6, 6.07) is -0.539. The van der Waals surface area contributed by atoms with E-state index in [1.54, 1.807) is 6.92 Å². The molecular formula is C8H11ClN2O3S. The van der Waals surface area contributed by atoms with Crippen molar-refractivity contribution in [3.8, 4) is 0 Å². The van der Waals surface area contributed by atoms with Crippen LogP contribution in [0.25, 0.3) is 0 Å². The minimum Gasteiger partial charge on any atom is -0.477 e. The first-order valence-corrected chi connectivity index (χ1v) is 5.22. The summed E-state index contributed by atoms with van der Waals surface area (Å²) in [6.45, 7) is 1.73. The molecule has 0 bridgehead atoms. The number of β-lactam (4-membered cyclic amide) rings is 1. The molecule has 0 spiro atoms. The Labute approximate surface area is 97.1 Å². The molecule has 1 fully saturated rings. The molecule has 2 atom stereocenters. The molecule has 7 heteroatoms. The average molecular weight is 251 g/mol. The highest BCUT2D eigenvalue weighted by atomic mass is 35.5. The molecule has 1 amide bonds. The molecule has 0 radical (unpaired) electrons. The van der Waals surface area contributed by atoms with E-state index in [1.807, 2.05) is 0 Å². The van der Waals surface area contributed by atoms with E-state index in [2.05, 4.69) is 0 Å². The zero-order valence-corrected chi connectivity index (χ0v) is 9.60. The van der Waals surface area contributed by atoms with Gasteiger partial charge in [0, 0.05) is 5.75 Å². The topological polar surface area (TPSA) is 83.6 Å². The van der Waals surface area contributed by atoms with Gasteiger partial charge in [0.1, 0.15) is 17.1 Å². The lowest BCUT2D eigenvalue weighted by molar-refractivity contribution is -0.147. The maximum Gasteiger partial charge on any atom is 0.352 e. The van der Waals surface area contributed by atoms with Crippen molar-refractivity contribution < 1.29 is 14.7 Å². The van der Waals surface area contributed by atoms with Gasteiger partial charge in [0.15, 0.2) is 0 Å². The lowest BCUT2D eigenvalue weighted by atomic mass is 10.0. The summed E-state index contributed by atoms with van der Waals surface area (Å²) in [6.07, 6.45) is 0. The molecule has 5 nitrogen and oxygen atoms in total. The van der Waals surface area contributed by atoms with Gasteiger partial charge in [0.2, 0.25) is 5.91 Å². The fraction of sp³-hybridized carbons (Fsp3) is 0.500. The van der Waals surface area contributed by atoms with Gasteiger partial charge in [-0.2, -0.15) is 0 Å². The van der Waals surface area contributed by atoms with Gasteiger partial charge in [-0.25, -0.2) is 4.79 Å². The first-order chi connectivity index (χ1) is 6.54. The first-order valence-electron chi connectivity index (χ1n) is 4.17. The van der Waals surface area contributed by atoms with Crippen molar-refractivity contribution in [2.75, 3.05) is 5.75 Å². The largest absolute Gasteiger partial charge is 0.477 e. The monoisotopic (exact) mass is 250 g/mol. The van der Waals surface area contributed by atoms with Gasteiger partial charge in [0.05, 0.1) is 0 Å². The number of carboxylic acids is 1. The molecule has 3 N–H and O–H groups in total. The Kier molecular flexibility index (Phi) is 3.32. The molecular weight excluding hydrogens is 240 g/mol. The second kappa shape index (κ2) is 4.03. The summed E-state index contributed by atoms with van der Waals surface area (Å²) in [4.78, 5) is 23.5. The van der Waals surface area contributed by atoms with Gasteiger partial charge >= 0.3 is 5.97 Å². The molecule has 84 valence electrons. The highest BCUT2D eigenvalue weighted by Crippen LogP contribution is 2.38. The second-order valence-corrected chi connectivity index (χ2v) is 4.47. The molecule has 0 aliphatic carbocycles. The Balaban J connectivity index is 0.00000112. The number of aliphatic carboxylic acids is 1. The van der Waals surface area contributed by atoms with Gasteiger partial charge in [0.25, 0.3) is 0 Å². The van der Waals surface area contributed by atoms with Gasteiger partial charge in [-0.15, -0.1) is 24.2 Å². The molecule has 1 saturated heterocycles. The van der Waals surface area contributed by atoms with Crippen LogP contribution in [0.5, 0.6) is 0 Å². The lowest BCUT2D eigenvalue weighted by Gasteiger charge is -2.47. The van der Waals surface area contributed by atoms with Gasteiger partial charge in [-0.1, -0.05) is 0 Å². The molecule has 0 aromatic carbocycles. The lowest BCUT2D eigenvalue weighted by Crippen LogP contribution is -2.68. The Morgan fingerprint density at radius 3 is 2.80 bits per heavy atom. The van der Waals surface area contributed by atoms with Crippen LogP contribution in [0.4, 0.5) is 0 Å². The summed E-state index contributed by atoms with van der Waals surface area (Å²) in [5.74, 6) is -0.712. The van der Waals surface area contributed by atoms with E-state index in [0.717, 1.165) is 5.57 Å². The third-order valence-electron chi connectivity index (χ3n) is 2.40. The molecule has 2 heterocycles. The highest BCUT2D eigenvalue weighted by molar-refractivity contribution is 8.00. The van der Waals surface area contributed by atoms with E-state index < -0.39 is 12.0 Å². The number of halogens is 1. The van der Waals surface area contributed by atoms with E-state index in [-0.39, 0.29) is 29.4 Å². The van der Waals surface area contributed by atoms with Crippen molar-refractivity contribution in [1.29, 1.82) is 0 Å². The van der Waals surface area contributed by atoms with Crippen molar-refractivity contribution >= 4 is 36.0 Å². The minimum absolute atomic E-state index is 0. The van der Waals surface area contributed by atoms with Crippen LogP contribution in [0.1, 0.15) is 6.92 Å². The maximum absolute atomic E-state index is 11.3. The third kappa shape index (κ3) is 1.62. The summed E-state index contributed by atoms with van der Waals surface area (Å²) in [7, 11) is 0. The fourth-order valence-corrected chi connectivity index (χ4v) is 2.91. The molecule has 2 aliphatic heterocycles. The van der Waals surface area contributed by atoms with E-state index in [9.17, 15) is 9.59 Å². The number of hydrogen-bond donors (Lipinski definition) is 2. The van der Waals surface area contributed by atoms with E-state index in [4.69, 9.17) is 10.8 Å². The molecule has 0 aromatic heterocycles. The summed E-state index contributed by atoms with van der Waals surface area (Å²) in [5, 5.41) is 8.75. The third-order valence-corrected chi connectivity index (χ3v) is 3.85. The van der Waals surface area contributed by atoms with Crippen molar-refractivity contribution in [2.24, 2.45) is 5.73 Å². The van der Waals surface area contributed by atoms with Crippen LogP contribution in [-0.2, 0) is 9.59 Å². The first kappa shape index (κ1) is 12.4. The molecule has 1 unspecified atom stereocenters. The van der Waals surface area contributed by atoms with Crippen LogP contribution in [0.3, 0.4) is 0 Å². The smallest absolute Gasteiger partial charge is 0.352 e. The molecule has 0 saturated carbocycles. The molecule has 0 aromatic rings. The summed E-state index contributed by atoms with van der Waals surface area (Å²) >= 11 is 1.51. The van der Waals surface area contributed by atoms with Gasteiger partial charge < -0.3 is 10.8 Å². The number of carboxylic acid groups (broad SMARTS) is 1. The van der Waals surface area contributed by atoms with Crippen molar-refractivity contribution in [3.63, 3.8) is 0 Å². The van der Waals surface area contributed by atoms with Crippen LogP contribution < -0.4 is 5.73 Å². The number of thioether (sulfide) groups is 1. The molecule has 2 rings (SSSR count). The van der Waals surface area contributed by atoms with Crippen LogP contribution >= 0.6 is 24.2 Å². The predicted octanol–water partition coefficient (Wildman–Crippen LogP) is 0.00920. The Morgan fingerprint density at radius 2 is 2.27 bits per heavy atom. The fourth-order valence-electron chi connectivity index (χ4n) is 1.67. The highest BCUT2D eigenvalue weighted by Gasteiger charge is 2.51. The number of rotatable bonds is 1. The zero-order valence-electron chi connectivity index (χ0n) is 7.97. The maximum atomic E-state index is 11.3. The number of nitrogens with zero attached hydrogens (tertiary/aromatic N) is 1.